The van der Waals surface area contributed by atoms with Gasteiger partial charge in [0.15, 0.2) is 0 Å². The van der Waals surface area contributed by atoms with Crippen molar-refractivity contribution in [2.24, 2.45) is 0 Å². The molecule has 2 nitrogen and oxygen atoms in total. The van der Waals surface area contributed by atoms with Crippen LogP contribution in [0.25, 0.3) is 0 Å². The topological polar surface area (TPSA) is 21.3 Å². The van der Waals surface area contributed by atoms with Crippen LogP contribution in [0.4, 0.5) is 0 Å². The highest BCUT2D eigenvalue weighted by Crippen LogP contribution is 2.26. The Balaban J connectivity index is 2.89. The molecule has 3 heteroatoms. The summed E-state index contributed by atoms with van der Waals surface area (Å²) in [5.41, 5.74) is 2.14. The quantitative estimate of drug-likeness (QED) is 0.853. The van der Waals surface area contributed by atoms with Gasteiger partial charge in [0.25, 0.3) is 0 Å². The minimum atomic E-state index is 0.454. The lowest BCUT2D eigenvalue weighted by Gasteiger charge is -2.13. The molecule has 1 aromatic rings. The van der Waals surface area contributed by atoms with Crippen LogP contribution in [0, 0.1) is 6.92 Å². The lowest BCUT2D eigenvalue weighted by molar-refractivity contribution is 0.406. The monoisotopic (exact) mass is 227 g/mol. The molecule has 0 bridgehead atoms. The second-order valence-electron chi connectivity index (χ2n) is 3.95. The molecule has 1 rings (SSSR count). The summed E-state index contributed by atoms with van der Waals surface area (Å²) < 4.78 is 5.31. The van der Waals surface area contributed by atoms with Crippen molar-refractivity contribution in [3.05, 3.63) is 28.3 Å². The van der Waals surface area contributed by atoms with E-state index in [2.05, 4.69) is 19.2 Å². The van der Waals surface area contributed by atoms with E-state index in [1.807, 2.05) is 19.1 Å². The average molecular weight is 228 g/mol. The molecule has 0 atom stereocenters. The molecule has 0 fully saturated rings. The summed E-state index contributed by atoms with van der Waals surface area (Å²) in [6.07, 6.45) is 0. The fourth-order valence-corrected chi connectivity index (χ4v) is 1.52. The van der Waals surface area contributed by atoms with E-state index in [9.17, 15) is 0 Å². The third kappa shape index (κ3) is 3.40. The van der Waals surface area contributed by atoms with Gasteiger partial charge in [0.05, 0.1) is 7.11 Å². The number of methoxy groups -OCH3 is 1. The highest BCUT2D eigenvalue weighted by Gasteiger charge is 2.06. The zero-order chi connectivity index (χ0) is 11.4. The number of hydrogen-bond acceptors (Lipinski definition) is 2. The van der Waals surface area contributed by atoms with Gasteiger partial charge in [-0.3, -0.25) is 0 Å². The molecule has 0 aliphatic carbocycles. The number of nitrogens with one attached hydrogen (secondary N) is 1. The van der Waals surface area contributed by atoms with Gasteiger partial charge < -0.3 is 10.1 Å². The minimum absolute atomic E-state index is 0.454. The van der Waals surface area contributed by atoms with Crippen LogP contribution in [-0.4, -0.2) is 13.2 Å². The van der Waals surface area contributed by atoms with Crippen LogP contribution in [0.1, 0.15) is 25.0 Å². The first kappa shape index (κ1) is 12.3. The molecule has 0 saturated heterocycles. The number of ether oxygens (including phenoxy) is 1. The van der Waals surface area contributed by atoms with Crippen LogP contribution < -0.4 is 10.1 Å². The van der Waals surface area contributed by atoms with Crippen LogP contribution in [0.5, 0.6) is 5.75 Å². The molecule has 0 aliphatic heterocycles. The first-order valence-electron chi connectivity index (χ1n) is 5.11. The number of aryl methyl sites for hydroxylation is 1. The van der Waals surface area contributed by atoms with Crippen molar-refractivity contribution in [3.63, 3.8) is 0 Å². The van der Waals surface area contributed by atoms with E-state index < -0.39 is 0 Å². The van der Waals surface area contributed by atoms with Crippen molar-refractivity contribution < 1.29 is 4.74 Å². The normalized spacial score (nSPS) is 10.8. The Labute approximate surface area is 96.6 Å². The number of halogens is 1. The zero-order valence-electron chi connectivity index (χ0n) is 9.73. The standard InChI is InChI=1S/C12H18ClNO/c1-8(2)14-7-10-6-11(13)9(3)5-12(10)15-4/h5-6,8,14H,7H2,1-4H3. The van der Waals surface area contributed by atoms with E-state index in [-0.39, 0.29) is 0 Å². The molecule has 0 unspecified atom stereocenters. The Morgan fingerprint density at radius 2 is 2.07 bits per heavy atom. The van der Waals surface area contributed by atoms with Gasteiger partial charge in [0.1, 0.15) is 5.75 Å². The Hall–Kier alpha value is -0.730. The second kappa shape index (κ2) is 5.38. The van der Waals surface area contributed by atoms with Crippen LogP contribution >= 0.6 is 11.6 Å². The van der Waals surface area contributed by atoms with Crippen molar-refractivity contribution >= 4 is 11.6 Å². The molecule has 0 aromatic heterocycles. The summed E-state index contributed by atoms with van der Waals surface area (Å²) in [5.74, 6) is 0.894. The predicted octanol–water partition coefficient (Wildman–Crippen LogP) is 3.16. The summed E-state index contributed by atoms with van der Waals surface area (Å²) in [4.78, 5) is 0. The fourth-order valence-electron chi connectivity index (χ4n) is 1.34. The van der Waals surface area contributed by atoms with E-state index >= 15 is 0 Å². The molecule has 0 amide bonds. The SMILES string of the molecule is COc1cc(C)c(Cl)cc1CNC(C)C. The minimum Gasteiger partial charge on any atom is -0.496 e. The van der Waals surface area contributed by atoms with Crippen molar-refractivity contribution in [1.29, 1.82) is 0 Å². The van der Waals surface area contributed by atoms with Crippen LogP contribution in [0.15, 0.2) is 12.1 Å². The number of hydrogen-bond donors (Lipinski definition) is 1. The zero-order valence-corrected chi connectivity index (χ0v) is 10.5. The summed E-state index contributed by atoms with van der Waals surface area (Å²) in [5, 5.41) is 4.13. The Bertz CT molecular complexity index is 337. The molecule has 1 N–H and O–H groups in total. The average Bonchev–Trinajstić information content (AvgIpc) is 2.19. The maximum absolute atomic E-state index is 6.07. The van der Waals surface area contributed by atoms with E-state index in [0.29, 0.717) is 6.04 Å². The van der Waals surface area contributed by atoms with Crippen molar-refractivity contribution in [2.45, 2.75) is 33.4 Å². The van der Waals surface area contributed by atoms with Gasteiger partial charge >= 0.3 is 0 Å². The lowest BCUT2D eigenvalue weighted by Crippen LogP contribution is -2.22. The largest absolute Gasteiger partial charge is 0.496 e. The first-order chi connectivity index (χ1) is 7.04. The lowest BCUT2D eigenvalue weighted by atomic mass is 10.1. The van der Waals surface area contributed by atoms with Crippen LogP contribution in [-0.2, 0) is 6.54 Å². The van der Waals surface area contributed by atoms with Gasteiger partial charge in [-0.15, -0.1) is 0 Å². The maximum atomic E-state index is 6.07. The summed E-state index contributed by atoms with van der Waals surface area (Å²) in [6, 6.07) is 4.39. The molecule has 0 heterocycles. The summed E-state index contributed by atoms with van der Waals surface area (Å²) >= 11 is 6.07. The third-order valence-electron chi connectivity index (χ3n) is 2.26. The molecule has 1 aromatic carbocycles. The molecule has 0 aliphatic rings. The molecule has 0 radical (unpaired) electrons. The third-order valence-corrected chi connectivity index (χ3v) is 2.67. The van der Waals surface area contributed by atoms with E-state index in [1.165, 1.54) is 0 Å². The van der Waals surface area contributed by atoms with Crippen molar-refractivity contribution in [2.75, 3.05) is 7.11 Å². The molecule has 84 valence electrons. The first-order valence-corrected chi connectivity index (χ1v) is 5.48. The summed E-state index contributed by atoms with van der Waals surface area (Å²) in [7, 11) is 1.68. The van der Waals surface area contributed by atoms with Gasteiger partial charge in [-0.05, 0) is 24.6 Å². The van der Waals surface area contributed by atoms with Crippen LogP contribution in [0.3, 0.4) is 0 Å². The molecular weight excluding hydrogens is 210 g/mol. The Morgan fingerprint density at radius 3 is 2.60 bits per heavy atom. The Kier molecular flexibility index (Phi) is 4.43. The molecule has 0 saturated carbocycles. The van der Waals surface area contributed by atoms with Gasteiger partial charge in [-0.2, -0.15) is 0 Å². The number of benzene rings is 1. The van der Waals surface area contributed by atoms with E-state index in [1.54, 1.807) is 7.11 Å². The summed E-state index contributed by atoms with van der Waals surface area (Å²) in [6.45, 7) is 6.98. The maximum Gasteiger partial charge on any atom is 0.123 e. The smallest absolute Gasteiger partial charge is 0.123 e. The van der Waals surface area contributed by atoms with Gasteiger partial charge in [0, 0.05) is 23.2 Å². The fraction of sp³-hybridized carbons (Fsp3) is 0.500. The second-order valence-corrected chi connectivity index (χ2v) is 4.36. The van der Waals surface area contributed by atoms with Crippen molar-refractivity contribution in [3.8, 4) is 5.75 Å². The van der Waals surface area contributed by atoms with E-state index in [4.69, 9.17) is 16.3 Å². The van der Waals surface area contributed by atoms with Crippen molar-refractivity contribution in [1.82, 2.24) is 5.32 Å². The number of rotatable bonds is 4. The predicted molar refractivity (Wildman–Crippen MR) is 64.7 cm³/mol. The molecular formula is C12H18ClNO. The van der Waals surface area contributed by atoms with E-state index in [0.717, 1.165) is 28.4 Å². The highest BCUT2D eigenvalue weighted by atomic mass is 35.5. The van der Waals surface area contributed by atoms with Gasteiger partial charge in [-0.1, -0.05) is 25.4 Å². The van der Waals surface area contributed by atoms with Crippen LogP contribution in [0.2, 0.25) is 5.02 Å². The van der Waals surface area contributed by atoms with Gasteiger partial charge in [0.2, 0.25) is 0 Å². The molecule has 0 spiro atoms. The Morgan fingerprint density at radius 1 is 1.40 bits per heavy atom. The highest BCUT2D eigenvalue weighted by molar-refractivity contribution is 6.31. The molecule has 15 heavy (non-hydrogen) atoms. The van der Waals surface area contributed by atoms with Gasteiger partial charge in [-0.25, -0.2) is 0 Å².